The second kappa shape index (κ2) is 7.98. The quantitative estimate of drug-likeness (QED) is 0.836. The van der Waals surface area contributed by atoms with Crippen molar-refractivity contribution in [1.29, 1.82) is 0 Å². The molecule has 0 radical (unpaired) electrons. The summed E-state index contributed by atoms with van der Waals surface area (Å²) in [7, 11) is 1.55. The molecule has 3 rings (SSSR count). The second-order valence-corrected chi connectivity index (χ2v) is 7.47. The third-order valence-corrected chi connectivity index (χ3v) is 5.54. The Bertz CT molecular complexity index is 635. The average molecular weight is 372 g/mol. The van der Waals surface area contributed by atoms with Crippen molar-refractivity contribution in [3.63, 3.8) is 0 Å². The van der Waals surface area contributed by atoms with Gasteiger partial charge in [0.2, 0.25) is 0 Å². The van der Waals surface area contributed by atoms with Crippen LogP contribution in [0.2, 0.25) is 0 Å². The molecule has 26 heavy (non-hydrogen) atoms. The van der Waals surface area contributed by atoms with E-state index in [1.54, 1.807) is 7.05 Å². The third kappa shape index (κ3) is 4.58. The van der Waals surface area contributed by atoms with E-state index in [4.69, 9.17) is 0 Å². The first-order valence-electron chi connectivity index (χ1n) is 9.48. The highest BCUT2D eigenvalue weighted by Gasteiger charge is 2.32. The molecule has 5 nitrogen and oxygen atoms in total. The summed E-state index contributed by atoms with van der Waals surface area (Å²) in [5.74, 6) is 0.312. The molecule has 2 aliphatic rings. The van der Waals surface area contributed by atoms with Gasteiger partial charge in [0.05, 0.1) is 6.54 Å². The summed E-state index contributed by atoms with van der Waals surface area (Å²) in [6.07, 6.45) is 3.59. The number of nitrogens with one attached hydrogen (secondary N) is 2. The van der Waals surface area contributed by atoms with E-state index < -0.39 is 12.7 Å². The monoisotopic (exact) mass is 372 g/mol. The van der Waals surface area contributed by atoms with Gasteiger partial charge in [-0.05, 0) is 38.0 Å². The number of rotatable bonds is 5. The lowest BCUT2D eigenvalue weighted by atomic mass is 9.88. The zero-order valence-electron chi connectivity index (χ0n) is 15.2. The summed E-state index contributed by atoms with van der Waals surface area (Å²) in [4.78, 5) is 12.2. The smallest absolute Gasteiger partial charge is 0.354 e. The highest BCUT2D eigenvalue weighted by molar-refractivity contribution is 5.93. The third-order valence-electron chi connectivity index (χ3n) is 5.54. The van der Waals surface area contributed by atoms with Crippen LogP contribution >= 0.6 is 0 Å². The van der Waals surface area contributed by atoms with Crippen LogP contribution in [0.4, 0.5) is 13.2 Å². The topological polar surface area (TPSA) is 59.0 Å². The molecule has 1 heterocycles. The minimum absolute atomic E-state index is 0.264. The largest absolute Gasteiger partial charge is 0.401 e. The van der Waals surface area contributed by atoms with Crippen molar-refractivity contribution in [3.8, 4) is 0 Å². The predicted molar refractivity (Wildman–Crippen MR) is 92.1 cm³/mol. The summed E-state index contributed by atoms with van der Waals surface area (Å²) in [6.45, 7) is -0.196. The number of carbonyl (C=O) groups excluding carboxylic acids is 1. The van der Waals surface area contributed by atoms with Gasteiger partial charge >= 0.3 is 6.18 Å². The van der Waals surface area contributed by atoms with Gasteiger partial charge in [0.1, 0.15) is 0 Å². The molecule has 146 valence electrons. The molecule has 0 aliphatic heterocycles. The summed E-state index contributed by atoms with van der Waals surface area (Å²) >= 11 is 0. The van der Waals surface area contributed by atoms with Crippen molar-refractivity contribution in [3.05, 3.63) is 17.0 Å². The highest BCUT2D eigenvalue weighted by atomic mass is 19.4. The summed E-state index contributed by atoms with van der Waals surface area (Å²) in [5, 5.41) is 9.74. The first-order valence-corrected chi connectivity index (χ1v) is 9.48. The lowest BCUT2D eigenvalue weighted by molar-refractivity contribution is -0.126. The Morgan fingerprint density at radius 1 is 1.23 bits per heavy atom. The Hall–Kier alpha value is -1.57. The maximum atomic E-state index is 12.5. The van der Waals surface area contributed by atoms with Crippen molar-refractivity contribution >= 4 is 5.91 Å². The van der Waals surface area contributed by atoms with Crippen LogP contribution in [0, 0.1) is 5.92 Å². The van der Waals surface area contributed by atoms with Gasteiger partial charge in [-0.3, -0.25) is 9.48 Å². The Kier molecular flexibility index (Phi) is 5.89. The number of halogens is 3. The molecule has 1 aromatic heterocycles. The van der Waals surface area contributed by atoms with Gasteiger partial charge in [-0.2, -0.15) is 18.3 Å². The number of fused-ring (bicyclic) bond motifs is 1. The zero-order valence-corrected chi connectivity index (χ0v) is 15.2. The first kappa shape index (κ1) is 19.2. The van der Waals surface area contributed by atoms with Crippen molar-refractivity contribution in [2.75, 3.05) is 13.6 Å². The molecule has 1 atom stereocenters. The van der Waals surface area contributed by atoms with E-state index in [0.29, 0.717) is 30.9 Å². The van der Waals surface area contributed by atoms with E-state index in [1.807, 2.05) is 4.68 Å². The fourth-order valence-corrected chi connectivity index (χ4v) is 4.19. The minimum atomic E-state index is -4.23. The second-order valence-electron chi connectivity index (χ2n) is 7.47. The van der Waals surface area contributed by atoms with Crippen LogP contribution < -0.4 is 10.6 Å². The van der Waals surface area contributed by atoms with Gasteiger partial charge in [0, 0.05) is 30.9 Å². The van der Waals surface area contributed by atoms with Gasteiger partial charge in [-0.1, -0.05) is 19.3 Å². The first-order chi connectivity index (χ1) is 12.4. The molecule has 0 bridgehead atoms. The zero-order chi connectivity index (χ0) is 18.7. The number of amides is 1. The minimum Gasteiger partial charge on any atom is -0.354 e. The Labute approximate surface area is 151 Å². The molecular weight excluding hydrogens is 345 g/mol. The molecule has 0 aromatic carbocycles. The van der Waals surface area contributed by atoms with Gasteiger partial charge in [0.15, 0.2) is 5.69 Å². The molecule has 0 unspecified atom stereocenters. The molecule has 0 saturated heterocycles. The van der Waals surface area contributed by atoms with E-state index in [9.17, 15) is 18.0 Å². The highest BCUT2D eigenvalue weighted by Crippen LogP contribution is 2.29. The number of hydrogen-bond acceptors (Lipinski definition) is 3. The van der Waals surface area contributed by atoms with Crippen LogP contribution in [0.5, 0.6) is 0 Å². The number of carbonyl (C=O) groups is 1. The van der Waals surface area contributed by atoms with Crippen molar-refractivity contribution in [1.82, 2.24) is 20.4 Å². The average Bonchev–Trinajstić information content (AvgIpc) is 2.97. The van der Waals surface area contributed by atoms with E-state index >= 15 is 0 Å². The molecule has 1 fully saturated rings. The van der Waals surface area contributed by atoms with Crippen LogP contribution in [-0.4, -0.2) is 41.5 Å². The Balaban J connectivity index is 1.77. The van der Waals surface area contributed by atoms with E-state index in [-0.39, 0.29) is 11.9 Å². The SMILES string of the molecule is CNC(=O)c1nn(CC2CCCCC2)c2c1C[C@H](NCC(F)(F)F)CC2. The summed E-state index contributed by atoms with van der Waals surface area (Å²) < 4.78 is 39.4. The maximum Gasteiger partial charge on any atom is 0.401 e. The summed E-state index contributed by atoms with van der Waals surface area (Å²) in [5.41, 5.74) is 2.21. The summed E-state index contributed by atoms with van der Waals surface area (Å²) in [6, 6.07) is -0.278. The number of aromatic nitrogens is 2. The van der Waals surface area contributed by atoms with E-state index in [1.165, 1.54) is 32.1 Å². The van der Waals surface area contributed by atoms with Crippen molar-refractivity contribution in [2.24, 2.45) is 5.92 Å². The van der Waals surface area contributed by atoms with Gasteiger partial charge in [0.25, 0.3) is 5.91 Å². The van der Waals surface area contributed by atoms with Gasteiger partial charge < -0.3 is 10.6 Å². The van der Waals surface area contributed by atoms with Crippen LogP contribution in [-0.2, 0) is 19.4 Å². The molecule has 2 aliphatic carbocycles. The lowest BCUT2D eigenvalue weighted by Gasteiger charge is -2.26. The van der Waals surface area contributed by atoms with Crippen LogP contribution in [0.15, 0.2) is 0 Å². The molecular formula is C18H27F3N4O. The van der Waals surface area contributed by atoms with E-state index in [2.05, 4.69) is 15.7 Å². The normalized spacial score (nSPS) is 21.5. The van der Waals surface area contributed by atoms with E-state index in [0.717, 1.165) is 17.8 Å². The standard InChI is InChI=1S/C18H27F3N4O/c1-22-17(26)16-14-9-13(23-11-18(19,20)21)7-8-15(14)25(24-16)10-12-5-3-2-4-6-12/h12-13,23H,2-11H2,1H3,(H,22,26)/t13-/m1/s1. The Morgan fingerprint density at radius 2 is 1.96 bits per heavy atom. The van der Waals surface area contributed by atoms with Gasteiger partial charge in [-0.25, -0.2) is 0 Å². The van der Waals surface area contributed by atoms with Crippen LogP contribution in [0.1, 0.15) is 60.3 Å². The molecule has 1 saturated carbocycles. The van der Waals surface area contributed by atoms with Crippen LogP contribution in [0.3, 0.4) is 0 Å². The van der Waals surface area contributed by atoms with Crippen molar-refractivity contribution < 1.29 is 18.0 Å². The fourth-order valence-electron chi connectivity index (χ4n) is 4.19. The predicted octanol–water partition coefficient (Wildman–Crippen LogP) is 2.83. The van der Waals surface area contributed by atoms with Crippen LogP contribution in [0.25, 0.3) is 0 Å². The molecule has 1 aromatic rings. The molecule has 2 N–H and O–H groups in total. The molecule has 0 spiro atoms. The van der Waals surface area contributed by atoms with Crippen molar-refractivity contribution in [2.45, 2.75) is 70.1 Å². The number of hydrogen-bond donors (Lipinski definition) is 2. The lowest BCUT2D eigenvalue weighted by Crippen LogP contribution is -2.40. The Morgan fingerprint density at radius 3 is 2.62 bits per heavy atom. The number of alkyl halides is 3. The van der Waals surface area contributed by atoms with Gasteiger partial charge in [-0.15, -0.1) is 0 Å². The number of nitrogens with zero attached hydrogens (tertiary/aromatic N) is 2. The maximum absolute atomic E-state index is 12.5. The molecule has 1 amide bonds. The fraction of sp³-hybridized carbons (Fsp3) is 0.778. The molecule has 8 heteroatoms.